The van der Waals surface area contributed by atoms with Gasteiger partial charge in [0.05, 0.1) is 22.7 Å². The number of hydrogen-bond acceptors (Lipinski definition) is 6. The highest BCUT2D eigenvalue weighted by Gasteiger charge is 2.21. The molecule has 0 saturated heterocycles. The van der Waals surface area contributed by atoms with E-state index >= 15 is 0 Å². The van der Waals surface area contributed by atoms with Gasteiger partial charge in [-0.05, 0) is 6.07 Å². The number of aliphatic hydroxyl groups excluding tert-OH is 2. The van der Waals surface area contributed by atoms with Crippen molar-refractivity contribution < 1.29 is 23.6 Å². The van der Waals surface area contributed by atoms with Crippen LogP contribution in [-0.2, 0) is 10.0 Å². The molecule has 10 heteroatoms. The molecule has 0 spiro atoms. The second-order valence-corrected chi connectivity index (χ2v) is 5.70. The molecule has 0 fully saturated rings. The van der Waals surface area contributed by atoms with Crippen molar-refractivity contribution in [1.82, 2.24) is 4.72 Å². The summed E-state index contributed by atoms with van der Waals surface area (Å²) in [6.45, 7) is -0.997. The molecule has 8 nitrogen and oxygen atoms in total. The zero-order chi connectivity index (χ0) is 14.6. The largest absolute Gasteiger partial charge is 0.394 e. The molecule has 0 aliphatic heterocycles. The van der Waals surface area contributed by atoms with Crippen LogP contribution in [-0.4, -0.2) is 42.8 Å². The minimum atomic E-state index is -4.01. The molecular weight excluding hydrogens is 300 g/mol. The molecule has 1 rings (SSSR count). The number of nitrogens with one attached hydrogen (secondary N) is 1. The van der Waals surface area contributed by atoms with Crippen LogP contribution in [0.1, 0.15) is 0 Å². The highest BCUT2D eigenvalue weighted by Crippen LogP contribution is 2.25. The van der Waals surface area contributed by atoms with Crippen LogP contribution in [0.25, 0.3) is 0 Å². The Morgan fingerprint density at radius 1 is 1.47 bits per heavy atom. The molecule has 3 N–H and O–H groups in total. The number of rotatable bonds is 6. The monoisotopic (exact) mass is 310 g/mol. The first-order chi connectivity index (χ1) is 8.77. The van der Waals surface area contributed by atoms with Gasteiger partial charge in [0, 0.05) is 18.7 Å². The third-order valence-corrected chi connectivity index (χ3v) is 4.04. The number of aliphatic hydroxyl groups is 2. The first kappa shape index (κ1) is 15.8. The molecule has 0 heterocycles. The molecule has 0 aromatic heterocycles. The number of non-ortho nitro benzene ring substituents is 1. The smallest absolute Gasteiger partial charge is 0.271 e. The molecule has 0 radical (unpaired) electrons. The van der Waals surface area contributed by atoms with Gasteiger partial charge >= 0.3 is 0 Å². The van der Waals surface area contributed by atoms with Crippen molar-refractivity contribution in [1.29, 1.82) is 0 Å². The summed E-state index contributed by atoms with van der Waals surface area (Å²) < 4.78 is 25.6. The Hall–Kier alpha value is -1.26. The first-order valence-corrected chi connectivity index (χ1v) is 6.86. The predicted molar refractivity (Wildman–Crippen MR) is 66.4 cm³/mol. The second-order valence-electron chi connectivity index (χ2n) is 3.56. The van der Waals surface area contributed by atoms with Crippen molar-refractivity contribution in [3.63, 3.8) is 0 Å². The summed E-state index contributed by atoms with van der Waals surface area (Å²) in [6.07, 6.45) is -1.24. The van der Waals surface area contributed by atoms with Crippen LogP contribution in [0.2, 0.25) is 5.02 Å². The van der Waals surface area contributed by atoms with E-state index in [4.69, 9.17) is 21.8 Å². The maximum Gasteiger partial charge on any atom is 0.271 e. The zero-order valence-electron chi connectivity index (χ0n) is 9.48. The molecule has 19 heavy (non-hydrogen) atoms. The number of nitro groups is 1. The summed E-state index contributed by atoms with van der Waals surface area (Å²) in [5.41, 5.74) is -0.334. The zero-order valence-corrected chi connectivity index (χ0v) is 11.1. The number of nitrogens with zero attached hydrogens (tertiary/aromatic N) is 1. The maximum absolute atomic E-state index is 11.8. The average Bonchev–Trinajstić information content (AvgIpc) is 2.35. The second kappa shape index (κ2) is 6.26. The van der Waals surface area contributed by atoms with Gasteiger partial charge in [0.1, 0.15) is 4.90 Å². The van der Waals surface area contributed by atoms with Gasteiger partial charge in [0.25, 0.3) is 5.69 Å². The lowest BCUT2D eigenvalue weighted by atomic mass is 10.3. The lowest BCUT2D eigenvalue weighted by Gasteiger charge is -2.10. The Bertz CT molecular complexity index is 576. The third-order valence-electron chi connectivity index (χ3n) is 2.14. The van der Waals surface area contributed by atoms with Crippen molar-refractivity contribution in [2.75, 3.05) is 13.2 Å². The number of benzene rings is 1. The number of nitro benzene ring substituents is 1. The summed E-state index contributed by atoms with van der Waals surface area (Å²) in [7, 11) is -4.01. The number of hydrogen-bond donors (Lipinski definition) is 3. The Morgan fingerprint density at radius 3 is 2.58 bits per heavy atom. The van der Waals surface area contributed by atoms with Crippen LogP contribution >= 0.6 is 11.6 Å². The van der Waals surface area contributed by atoms with Gasteiger partial charge in [0.15, 0.2) is 0 Å². The van der Waals surface area contributed by atoms with Crippen molar-refractivity contribution in [2.24, 2.45) is 0 Å². The van der Waals surface area contributed by atoms with Crippen molar-refractivity contribution in [2.45, 2.75) is 11.0 Å². The minimum Gasteiger partial charge on any atom is -0.394 e. The van der Waals surface area contributed by atoms with E-state index in [1.54, 1.807) is 0 Å². The van der Waals surface area contributed by atoms with Crippen LogP contribution in [0.5, 0.6) is 0 Å². The van der Waals surface area contributed by atoms with Crippen LogP contribution in [0, 0.1) is 10.1 Å². The summed E-state index contributed by atoms with van der Waals surface area (Å²) in [5, 5.41) is 27.8. The first-order valence-electron chi connectivity index (χ1n) is 5.00. The average molecular weight is 311 g/mol. The normalized spacial score (nSPS) is 13.2. The number of halogens is 1. The summed E-state index contributed by atoms with van der Waals surface area (Å²) in [5.74, 6) is 0. The molecule has 0 bridgehead atoms. The minimum absolute atomic E-state index is 0.305. The Labute approximate surface area is 113 Å². The molecule has 0 saturated carbocycles. The van der Waals surface area contributed by atoms with E-state index in [1.807, 2.05) is 4.72 Å². The summed E-state index contributed by atoms with van der Waals surface area (Å²) >= 11 is 5.67. The van der Waals surface area contributed by atoms with E-state index < -0.39 is 34.2 Å². The molecule has 1 unspecified atom stereocenters. The van der Waals surface area contributed by atoms with Crippen LogP contribution in [0.3, 0.4) is 0 Å². The molecule has 0 amide bonds. The van der Waals surface area contributed by atoms with Crippen LogP contribution in [0.4, 0.5) is 5.69 Å². The topological polar surface area (TPSA) is 130 Å². The maximum atomic E-state index is 11.8. The van der Waals surface area contributed by atoms with Gasteiger partial charge in [-0.3, -0.25) is 10.1 Å². The van der Waals surface area contributed by atoms with E-state index in [1.165, 1.54) is 0 Å². The molecule has 1 aromatic carbocycles. The quantitative estimate of drug-likeness (QED) is 0.496. The fourth-order valence-electron chi connectivity index (χ4n) is 1.17. The van der Waals surface area contributed by atoms with Gasteiger partial charge in [-0.1, -0.05) is 11.6 Å². The van der Waals surface area contributed by atoms with Crippen molar-refractivity contribution >= 4 is 27.3 Å². The lowest BCUT2D eigenvalue weighted by molar-refractivity contribution is -0.384. The van der Waals surface area contributed by atoms with Gasteiger partial charge in [0.2, 0.25) is 10.0 Å². The van der Waals surface area contributed by atoms with Crippen LogP contribution in [0.15, 0.2) is 23.1 Å². The Morgan fingerprint density at radius 2 is 2.11 bits per heavy atom. The fourth-order valence-corrected chi connectivity index (χ4v) is 2.78. The predicted octanol–water partition coefficient (Wildman–Crippen LogP) is -0.120. The van der Waals surface area contributed by atoms with Gasteiger partial charge < -0.3 is 10.2 Å². The van der Waals surface area contributed by atoms with Gasteiger partial charge in [-0.2, -0.15) is 0 Å². The lowest BCUT2D eigenvalue weighted by Crippen LogP contribution is -2.34. The summed E-state index contributed by atoms with van der Waals surface area (Å²) in [6, 6.07) is 2.91. The van der Waals surface area contributed by atoms with E-state index in [2.05, 4.69) is 0 Å². The van der Waals surface area contributed by atoms with Gasteiger partial charge in [-0.25, -0.2) is 13.1 Å². The Kier molecular flexibility index (Phi) is 5.20. The molecular formula is C9H11ClN2O6S. The number of sulfonamides is 1. The molecule has 1 atom stereocenters. The third kappa shape index (κ3) is 4.11. The highest BCUT2D eigenvalue weighted by atomic mass is 35.5. The summed E-state index contributed by atoms with van der Waals surface area (Å²) in [4.78, 5) is 9.44. The van der Waals surface area contributed by atoms with E-state index in [9.17, 15) is 18.5 Å². The standard InChI is InChI=1S/C9H11ClN2O6S/c10-8-3-6(12(15)16)1-2-9(8)19(17,18)11-4-7(14)5-13/h1-3,7,11,13-14H,4-5H2. The van der Waals surface area contributed by atoms with E-state index in [0.29, 0.717) is 0 Å². The highest BCUT2D eigenvalue weighted by molar-refractivity contribution is 7.89. The molecule has 106 valence electrons. The van der Waals surface area contributed by atoms with Gasteiger partial charge in [-0.15, -0.1) is 0 Å². The van der Waals surface area contributed by atoms with Crippen molar-refractivity contribution in [3.05, 3.63) is 33.3 Å². The fraction of sp³-hybridized carbons (Fsp3) is 0.333. The van der Waals surface area contributed by atoms with Crippen molar-refractivity contribution in [3.8, 4) is 0 Å². The Balaban J connectivity index is 2.99. The SMILES string of the molecule is O=[N+]([O-])c1ccc(S(=O)(=O)NCC(O)CO)c(Cl)c1. The molecule has 0 aliphatic rings. The van der Waals surface area contributed by atoms with Crippen LogP contribution < -0.4 is 4.72 Å². The molecule has 1 aromatic rings. The van der Waals surface area contributed by atoms with E-state index in [-0.39, 0.29) is 15.6 Å². The van der Waals surface area contributed by atoms with E-state index in [0.717, 1.165) is 18.2 Å². The molecule has 0 aliphatic carbocycles.